The maximum atomic E-state index is 14.0. The van der Waals surface area contributed by atoms with E-state index in [-0.39, 0.29) is 27.2 Å². The van der Waals surface area contributed by atoms with E-state index in [2.05, 4.69) is 5.32 Å². The van der Waals surface area contributed by atoms with E-state index in [1.807, 2.05) is 13.8 Å². The van der Waals surface area contributed by atoms with E-state index in [1.54, 1.807) is 31.2 Å². The highest BCUT2D eigenvalue weighted by molar-refractivity contribution is 7.92. The van der Waals surface area contributed by atoms with Crippen molar-refractivity contribution in [1.29, 1.82) is 0 Å². The quantitative estimate of drug-likeness (QED) is 0.250. The van der Waals surface area contributed by atoms with Crippen molar-refractivity contribution in [3.63, 3.8) is 0 Å². The normalized spacial score (nSPS) is 12.1. The number of benzene rings is 3. The Morgan fingerprint density at radius 3 is 2.25 bits per heavy atom. The third-order valence-electron chi connectivity index (χ3n) is 6.16. The van der Waals surface area contributed by atoms with Gasteiger partial charge in [-0.25, -0.2) is 8.42 Å². The van der Waals surface area contributed by atoms with Crippen molar-refractivity contribution in [2.24, 2.45) is 0 Å². The lowest BCUT2D eigenvalue weighted by Gasteiger charge is -2.32. The number of aryl methyl sites for hydroxylation is 1. The first-order chi connectivity index (χ1) is 18.9. The first-order valence-electron chi connectivity index (χ1n) is 12.4. The van der Waals surface area contributed by atoms with Gasteiger partial charge in [-0.15, -0.1) is 0 Å². The predicted molar refractivity (Wildman–Crippen MR) is 162 cm³/mol. The number of rotatable bonds is 11. The summed E-state index contributed by atoms with van der Waals surface area (Å²) in [4.78, 5) is 28.1. The van der Waals surface area contributed by atoms with Crippen LogP contribution >= 0.6 is 46.4 Å². The Labute approximate surface area is 255 Å². The first-order valence-corrected chi connectivity index (χ1v) is 15.4. The fourth-order valence-electron chi connectivity index (χ4n) is 3.85. The molecule has 0 saturated carbocycles. The molecule has 0 saturated heterocycles. The van der Waals surface area contributed by atoms with Crippen molar-refractivity contribution in [3.05, 3.63) is 91.9 Å². The summed E-state index contributed by atoms with van der Waals surface area (Å²) in [5.41, 5.74) is 1.42. The number of nitrogens with one attached hydrogen (secondary N) is 1. The summed E-state index contributed by atoms with van der Waals surface area (Å²) in [6, 6.07) is 14.6. The second kappa shape index (κ2) is 13.9. The van der Waals surface area contributed by atoms with Gasteiger partial charge >= 0.3 is 0 Å². The summed E-state index contributed by atoms with van der Waals surface area (Å²) >= 11 is 25.1. The number of carbonyl (C=O) groups is 2. The van der Waals surface area contributed by atoms with Crippen LogP contribution in [0.5, 0.6) is 0 Å². The lowest BCUT2D eigenvalue weighted by molar-refractivity contribution is -0.139. The van der Waals surface area contributed by atoms with Crippen molar-refractivity contribution in [1.82, 2.24) is 10.2 Å². The average molecular weight is 645 g/mol. The Hall–Kier alpha value is -2.49. The van der Waals surface area contributed by atoms with Crippen molar-refractivity contribution in [2.75, 3.05) is 17.4 Å². The number of nitrogens with zero attached hydrogens (tertiary/aromatic N) is 2. The number of sulfonamides is 1. The second-order valence-corrected chi connectivity index (χ2v) is 12.6. The fraction of sp³-hybridized carbons (Fsp3) is 0.286. The molecule has 0 aliphatic carbocycles. The monoisotopic (exact) mass is 643 g/mol. The van der Waals surface area contributed by atoms with Crippen LogP contribution in [0.4, 0.5) is 5.69 Å². The zero-order chi connectivity index (χ0) is 29.6. The van der Waals surface area contributed by atoms with E-state index in [0.29, 0.717) is 28.6 Å². The molecule has 0 spiro atoms. The molecule has 0 radical (unpaired) electrons. The zero-order valence-electron chi connectivity index (χ0n) is 22.1. The van der Waals surface area contributed by atoms with Crippen LogP contribution in [0.3, 0.4) is 0 Å². The zero-order valence-corrected chi connectivity index (χ0v) is 26.0. The third kappa shape index (κ3) is 7.62. The molecular weight excluding hydrogens is 616 g/mol. The molecular formula is C28H29Cl4N3O4S. The van der Waals surface area contributed by atoms with Gasteiger partial charge in [0.1, 0.15) is 12.6 Å². The summed E-state index contributed by atoms with van der Waals surface area (Å²) in [6.07, 6.45) is 0.700. The maximum Gasteiger partial charge on any atom is 0.264 e. The minimum absolute atomic E-state index is 0.0238. The molecule has 0 bridgehead atoms. The SMILES string of the molecule is CCCNC(=O)[C@H](C)N(Cc1ccc(Cl)cc1Cl)C(=O)CN(c1cccc(Cl)c1Cl)S(=O)(=O)c1ccc(C)cc1. The Morgan fingerprint density at radius 1 is 0.950 bits per heavy atom. The molecule has 1 atom stereocenters. The van der Waals surface area contributed by atoms with E-state index >= 15 is 0 Å². The van der Waals surface area contributed by atoms with Crippen molar-refractivity contribution in [3.8, 4) is 0 Å². The van der Waals surface area contributed by atoms with Crippen LogP contribution < -0.4 is 9.62 Å². The van der Waals surface area contributed by atoms with Crippen LogP contribution in [0, 0.1) is 6.92 Å². The van der Waals surface area contributed by atoms with Crippen molar-refractivity contribution >= 4 is 73.9 Å². The third-order valence-corrected chi connectivity index (χ3v) is 9.33. The van der Waals surface area contributed by atoms with Gasteiger partial charge < -0.3 is 10.2 Å². The van der Waals surface area contributed by atoms with Crippen molar-refractivity contribution in [2.45, 2.75) is 44.7 Å². The largest absolute Gasteiger partial charge is 0.354 e. The molecule has 0 aliphatic heterocycles. The Morgan fingerprint density at radius 2 is 1.62 bits per heavy atom. The number of halogens is 4. The average Bonchev–Trinajstić information content (AvgIpc) is 2.91. The smallest absolute Gasteiger partial charge is 0.264 e. The lowest BCUT2D eigenvalue weighted by Crippen LogP contribution is -2.51. The van der Waals surface area contributed by atoms with Gasteiger partial charge in [0.25, 0.3) is 10.0 Å². The number of hydrogen-bond acceptors (Lipinski definition) is 4. The van der Waals surface area contributed by atoms with Gasteiger partial charge in [0.15, 0.2) is 0 Å². The van der Waals surface area contributed by atoms with Crippen LogP contribution in [0.1, 0.15) is 31.4 Å². The molecule has 0 heterocycles. The molecule has 3 aromatic carbocycles. The van der Waals surface area contributed by atoms with E-state index in [1.165, 1.54) is 41.3 Å². The van der Waals surface area contributed by atoms with Crippen LogP contribution in [0.2, 0.25) is 20.1 Å². The van der Waals surface area contributed by atoms with Crippen LogP contribution in [-0.2, 0) is 26.2 Å². The second-order valence-electron chi connectivity index (χ2n) is 9.12. The molecule has 0 unspecified atom stereocenters. The highest BCUT2D eigenvalue weighted by atomic mass is 35.5. The molecule has 12 heteroatoms. The van der Waals surface area contributed by atoms with Gasteiger partial charge in [0.2, 0.25) is 11.8 Å². The van der Waals surface area contributed by atoms with Gasteiger partial charge in [-0.1, -0.05) is 83.2 Å². The highest BCUT2D eigenvalue weighted by Gasteiger charge is 2.34. The van der Waals surface area contributed by atoms with Crippen molar-refractivity contribution < 1.29 is 18.0 Å². The minimum Gasteiger partial charge on any atom is -0.354 e. The fourth-order valence-corrected chi connectivity index (χ4v) is 6.19. The van der Waals surface area contributed by atoms with Gasteiger partial charge in [-0.05, 0) is 62.2 Å². The van der Waals surface area contributed by atoms with E-state index in [9.17, 15) is 18.0 Å². The van der Waals surface area contributed by atoms with E-state index < -0.39 is 34.4 Å². The number of carbonyl (C=O) groups excluding carboxylic acids is 2. The Balaban J connectivity index is 2.08. The predicted octanol–water partition coefficient (Wildman–Crippen LogP) is 6.75. The summed E-state index contributed by atoms with van der Waals surface area (Å²) < 4.78 is 28.7. The number of anilines is 1. The lowest BCUT2D eigenvalue weighted by atomic mass is 10.1. The Kier molecular flexibility index (Phi) is 11.1. The van der Waals surface area contributed by atoms with Gasteiger partial charge in [0.05, 0.1) is 20.6 Å². The highest BCUT2D eigenvalue weighted by Crippen LogP contribution is 2.35. The first kappa shape index (κ1) is 32.0. The van der Waals surface area contributed by atoms with Crippen LogP contribution in [-0.4, -0.2) is 44.3 Å². The summed E-state index contributed by atoms with van der Waals surface area (Å²) in [7, 11) is -4.29. The molecule has 1 N–H and O–H groups in total. The summed E-state index contributed by atoms with van der Waals surface area (Å²) in [5.74, 6) is -1.05. The van der Waals surface area contributed by atoms with Gasteiger partial charge in [-0.3, -0.25) is 13.9 Å². The standard InChI is InChI=1S/C28H29Cl4N3O4S/c1-4-14-33-28(37)19(3)34(16-20-10-11-21(29)15-24(20)31)26(36)17-35(25-7-5-6-23(30)27(25)32)40(38,39)22-12-8-18(2)9-13-22/h5-13,15,19H,4,14,16-17H2,1-3H3,(H,33,37)/t19-/m0/s1. The van der Waals surface area contributed by atoms with Gasteiger partial charge in [0, 0.05) is 23.1 Å². The van der Waals surface area contributed by atoms with E-state index in [0.717, 1.165) is 9.87 Å². The number of amides is 2. The van der Waals surface area contributed by atoms with Crippen LogP contribution in [0.25, 0.3) is 0 Å². The summed E-state index contributed by atoms with van der Waals surface area (Å²) in [6.45, 7) is 4.99. The molecule has 0 aromatic heterocycles. The molecule has 3 aromatic rings. The van der Waals surface area contributed by atoms with Crippen LogP contribution in [0.15, 0.2) is 65.6 Å². The molecule has 7 nitrogen and oxygen atoms in total. The molecule has 2 amide bonds. The Bertz CT molecular complexity index is 1480. The number of hydrogen-bond donors (Lipinski definition) is 1. The maximum absolute atomic E-state index is 14.0. The summed E-state index contributed by atoms with van der Waals surface area (Å²) in [5, 5.41) is 3.58. The molecule has 0 fully saturated rings. The van der Waals surface area contributed by atoms with E-state index in [4.69, 9.17) is 46.4 Å². The van der Waals surface area contributed by atoms with Gasteiger partial charge in [-0.2, -0.15) is 0 Å². The topological polar surface area (TPSA) is 86.8 Å². The molecule has 40 heavy (non-hydrogen) atoms. The minimum atomic E-state index is -4.29. The molecule has 3 rings (SSSR count). The molecule has 214 valence electrons. The molecule has 0 aliphatic rings.